The van der Waals surface area contributed by atoms with Crippen LogP contribution in [0, 0.1) is 34.5 Å². The fourth-order valence-electron chi connectivity index (χ4n) is 3.04. The molecule has 0 radical (unpaired) electrons. The summed E-state index contributed by atoms with van der Waals surface area (Å²) in [5.74, 6) is 0.432. The van der Waals surface area contributed by atoms with E-state index in [4.69, 9.17) is 5.26 Å². The van der Waals surface area contributed by atoms with E-state index in [1.54, 1.807) is 6.92 Å². The Kier molecular flexibility index (Phi) is 13.1. The zero-order valence-electron chi connectivity index (χ0n) is 17.2. The third-order valence-electron chi connectivity index (χ3n) is 4.46. The van der Waals surface area contributed by atoms with Crippen LogP contribution >= 0.6 is 15.9 Å². The van der Waals surface area contributed by atoms with Crippen molar-refractivity contribution in [3.05, 3.63) is 33.9 Å². The first-order chi connectivity index (χ1) is 12.3. The molecule has 0 aromatic carbocycles. The summed E-state index contributed by atoms with van der Waals surface area (Å²) in [6.07, 6.45) is 10.5. The van der Waals surface area contributed by atoms with Crippen molar-refractivity contribution in [3.8, 4) is 12.1 Å². The van der Waals surface area contributed by atoms with Gasteiger partial charge in [0.15, 0.2) is 0 Å². The van der Waals surface area contributed by atoms with Crippen molar-refractivity contribution in [1.82, 2.24) is 4.90 Å². The lowest BCUT2D eigenvalue weighted by atomic mass is 9.93. The highest BCUT2D eigenvalue weighted by molar-refractivity contribution is 9.11. The van der Waals surface area contributed by atoms with E-state index in [0.29, 0.717) is 11.5 Å². The smallest absolute Gasteiger partial charge is 0.104 e. The van der Waals surface area contributed by atoms with Gasteiger partial charge in [-0.3, -0.25) is 4.90 Å². The van der Waals surface area contributed by atoms with Crippen LogP contribution in [-0.4, -0.2) is 24.5 Å². The first kappa shape index (κ1) is 24.6. The summed E-state index contributed by atoms with van der Waals surface area (Å²) in [6.45, 7) is 11.2. The molecule has 0 N–H and O–H groups in total. The zero-order valence-corrected chi connectivity index (χ0v) is 18.8. The van der Waals surface area contributed by atoms with E-state index in [1.807, 2.05) is 13.1 Å². The van der Waals surface area contributed by atoms with Crippen LogP contribution in [0.15, 0.2) is 33.9 Å². The maximum atomic E-state index is 9.69. The molecular formula is C22H34BrN3. The van der Waals surface area contributed by atoms with Crippen molar-refractivity contribution in [2.24, 2.45) is 11.8 Å². The highest BCUT2D eigenvalue weighted by Crippen LogP contribution is 2.21. The molecule has 4 heteroatoms. The molecule has 144 valence electrons. The van der Waals surface area contributed by atoms with Gasteiger partial charge in [-0.05, 0) is 43.6 Å². The van der Waals surface area contributed by atoms with E-state index in [0.717, 1.165) is 32.2 Å². The SMILES string of the molecule is CCC/C(Br)=C\C(C)/C=C(\CC)CN(C)C(C#N)C(C=C(C)C#N)CC. The van der Waals surface area contributed by atoms with Crippen molar-refractivity contribution in [3.63, 3.8) is 0 Å². The Bertz CT molecular complexity index is 589. The standard InChI is InChI=1S/C22H34BrN3/c1-7-10-21(23)13-17(4)11-19(8-2)16-26(6)22(15-25)20(9-3)12-18(5)14-24/h11-13,17,20,22H,7-10,16H2,1-6H3/b18-12?,19-11+,21-13+. The van der Waals surface area contributed by atoms with Crippen LogP contribution in [0.5, 0.6) is 0 Å². The fraction of sp³-hybridized carbons (Fsp3) is 0.636. The number of nitriles is 2. The third-order valence-corrected chi connectivity index (χ3v) is 5.12. The molecule has 0 bridgehead atoms. The molecule has 0 saturated carbocycles. The van der Waals surface area contributed by atoms with Crippen molar-refractivity contribution >= 4 is 15.9 Å². The number of hydrogen-bond donors (Lipinski definition) is 0. The van der Waals surface area contributed by atoms with E-state index < -0.39 is 0 Å². The Morgan fingerprint density at radius 1 is 1.15 bits per heavy atom. The molecule has 0 amide bonds. The van der Waals surface area contributed by atoms with E-state index in [9.17, 15) is 5.26 Å². The van der Waals surface area contributed by atoms with Crippen LogP contribution in [-0.2, 0) is 0 Å². The zero-order chi connectivity index (χ0) is 20.1. The van der Waals surface area contributed by atoms with Gasteiger partial charge < -0.3 is 0 Å². The summed E-state index contributed by atoms with van der Waals surface area (Å²) in [5, 5.41) is 18.7. The lowest BCUT2D eigenvalue weighted by Crippen LogP contribution is -2.37. The molecule has 3 unspecified atom stereocenters. The molecule has 0 aliphatic heterocycles. The fourth-order valence-corrected chi connectivity index (χ4v) is 3.85. The predicted octanol–water partition coefficient (Wildman–Crippen LogP) is 6.36. The second-order valence-corrected chi connectivity index (χ2v) is 7.94. The Morgan fingerprint density at radius 3 is 2.27 bits per heavy atom. The second-order valence-electron chi connectivity index (χ2n) is 6.92. The molecule has 3 atom stereocenters. The van der Waals surface area contributed by atoms with Crippen LogP contribution in [0.2, 0.25) is 0 Å². The summed E-state index contributed by atoms with van der Waals surface area (Å²) in [7, 11) is 2.00. The average Bonchev–Trinajstić information content (AvgIpc) is 2.60. The van der Waals surface area contributed by atoms with E-state index in [2.05, 4.69) is 72.8 Å². The molecule has 0 heterocycles. The molecule has 0 fully saturated rings. The van der Waals surface area contributed by atoms with E-state index in [-0.39, 0.29) is 12.0 Å². The summed E-state index contributed by atoms with van der Waals surface area (Å²) >= 11 is 3.64. The molecule has 0 rings (SSSR count). The number of allylic oxidation sites excluding steroid dienone is 4. The first-order valence-electron chi connectivity index (χ1n) is 9.56. The van der Waals surface area contributed by atoms with Crippen LogP contribution in [0.1, 0.15) is 60.3 Å². The summed E-state index contributed by atoms with van der Waals surface area (Å²) in [4.78, 5) is 2.11. The minimum Gasteiger partial charge on any atom is -0.287 e. The largest absolute Gasteiger partial charge is 0.287 e. The van der Waals surface area contributed by atoms with Gasteiger partial charge in [0, 0.05) is 18.0 Å². The predicted molar refractivity (Wildman–Crippen MR) is 115 cm³/mol. The normalized spacial score (nSPS) is 16.8. The van der Waals surface area contributed by atoms with Gasteiger partial charge in [-0.2, -0.15) is 10.5 Å². The van der Waals surface area contributed by atoms with Crippen molar-refractivity contribution in [2.75, 3.05) is 13.6 Å². The number of rotatable bonds is 11. The Morgan fingerprint density at radius 2 is 1.81 bits per heavy atom. The summed E-state index contributed by atoms with van der Waals surface area (Å²) in [5.41, 5.74) is 2.01. The maximum absolute atomic E-state index is 9.69. The van der Waals surface area contributed by atoms with Gasteiger partial charge in [-0.1, -0.05) is 73.8 Å². The maximum Gasteiger partial charge on any atom is 0.104 e. The molecule has 0 spiro atoms. The van der Waals surface area contributed by atoms with Gasteiger partial charge in [-0.15, -0.1) is 0 Å². The molecule has 26 heavy (non-hydrogen) atoms. The van der Waals surface area contributed by atoms with Crippen LogP contribution < -0.4 is 0 Å². The molecule has 0 saturated heterocycles. The summed E-state index contributed by atoms with van der Waals surface area (Å²) in [6, 6.07) is 4.38. The number of nitrogens with zero attached hydrogens (tertiary/aromatic N) is 3. The summed E-state index contributed by atoms with van der Waals surface area (Å²) < 4.78 is 1.26. The topological polar surface area (TPSA) is 50.8 Å². The number of hydrogen-bond acceptors (Lipinski definition) is 3. The highest BCUT2D eigenvalue weighted by atomic mass is 79.9. The molecule has 0 aliphatic carbocycles. The van der Waals surface area contributed by atoms with E-state index >= 15 is 0 Å². The third kappa shape index (κ3) is 9.37. The quantitative estimate of drug-likeness (QED) is 0.289. The van der Waals surface area contributed by atoms with Gasteiger partial charge in [0.25, 0.3) is 0 Å². The van der Waals surface area contributed by atoms with Gasteiger partial charge in [0.1, 0.15) is 6.04 Å². The molecule has 0 aliphatic rings. The number of likely N-dealkylation sites (N-methyl/N-ethyl adjacent to an activating group) is 1. The lowest BCUT2D eigenvalue weighted by molar-refractivity contribution is 0.256. The molecule has 0 aromatic heterocycles. The molecular weight excluding hydrogens is 386 g/mol. The highest BCUT2D eigenvalue weighted by Gasteiger charge is 2.23. The average molecular weight is 420 g/mol. The second kappa shape index (κ2) is 13.8. The van der Waals surface area contributed by atoms with Gasteiger partial charge >= 0.3 is 0 Å². The van der Waals surface area contributed by atoms with Crippen molar-refractivity contribution < 1.29 is 0 Å². The van der Waals surface area contributed by atoms with Crippen LogP contribution in [0.3, 0.4) is 0 Å². The van der Waals surface area contributed by atoms with Gasteiger partial charge in [-0.25, -0.2) is 0 Å². The molecule has 0 aromatic rings. The van der Waals surface area contributed by atoms with Gasteiger partial charge in [0.2, 0.25) is 0 Å². The first-order valence-corrected chi connectivity index (χ1v) is 10.4. The Labute approximate surface area is 169 Å². The Hall–Kier alpha value is -1.36. The van der Waals surface area contributed by atoms with Crippen molar-refractivity contribution in [1.29, 1.82) is 10.5 Å². The monoisotopic (exact) mass is 419 g/mol. The van der Waals surface area contributed by atoms with E-state index in [1.165, 1.54) is 10.1 Å². The lowest BCUT2D eigenvalue weighted by Gasteiger charge is -2.28. The van der Waals surface area contributed by atoms with Crippen LogP contribution in [0.25, 0.3) is 0 Å². The van der Waals surface area contributed by atoms with Crippen molar-refractivity contribution in [2.45, 2.75) is 66.3 Å². The minimum absolute atomic E-state index is 0.0683. The van der Waals surface area contributed by atoms with Crippen LogP contribution in [0.4, 0.5) is 0 Å². The minimum atomic E-state index is -0.226. The van der Waals surface area contributed by atoms with Gasteiger partial charge in [0.05, 0.1) is 12.1 Å². The number of halogens is 1. The Balaban J connectivity index is 5.24. The molecule has 3 nitrogen and oxygen atoms in total.